The molecule has 3 aromatic rings. The van der Waals surface area contributed by atoms with Gasteiger partial charge in [-0.15, -0.1) is 0 Å². The monoisotopic (exact) mass is 721 g/mol. The molecule has 3 fully saturated rings. The number of rotatable bonds is 10. The molecule has 276 valence electrons. The van der Waals surface area contributed by atoms with Crippen LogP contribution in [-0.4, -0.2) is 94.2 Å². The van der Waals surface area contributed by atoms with Crippen molar-refractivity contribution in [2.75, 3.05) is 62.6 Å². The van der Waals surface area contributed by atoms with Crippen LogP contribution in [0.4, 0.5) is 22.2 Å². The lowest BCUT2D eigenvalue weighted by Crippen LogP contribution is -2.60. The quantitative estimate of drug-likeness (QED) is 0.243. The van der Waals surface area contributed by atoms with Crippen molar-refractivity contribution in [1.29, 1.82) is 0 Å². The molecule has 51 heavy (non-hydrogen) atoms. The Bertz CT molecular complexity index is 1800. The fourth-order valence-electron chi connectivity index (χ4n) is 7.51. The van der Waals surface area contributed by atoms with E-state index in [2.05, 4.69) is 20.1 Å². The Morgan fingerprint density at radius 3 is 2.43 bits per heavy atom. The number of piperazine rings is 1. The summed E-state index contributed by atoms with van der Waals surface area (Å²) in [5.74, 6) is 1.89. The molecular weight excluding hydrogens is 670 g/mol. The number of hydrogen-bond acceptors (Lipinski definition) is 10. The van der Waals surface area contributed by atoms with Gasteiger partial charge in [0.05, 0.1) is 11.7 Å². The van der Waals surface area contributed by atoms with Gasteiger partial charge in [0.15, 0.2) is 17.4 Å². The van der Waals surface area contributed by atoms with Crippen molar-refractivity contribution in [3.05, 3.63) is 45.8 Å². The predicted octanol–water partition coefficient (Wildman–Crippen LogP) is 6.68. The zero-order chi connectivity index (χ0) is 36.5. The van der Waals surface area contributed by atoms with Crippen molar-refractivity contribution in [2.45, 2.75) is 85.3 Å². The summed E-state index contributed by atoms with van der Waals surface area (Å²) in [6.45, 7) is 17.6. The number of Topliss-reactive ketones (excluding diaryl/α,β-unsaturated/α-hetero) is 1. The Balaban J connectivity index is 1.04. The van der Waals surface area contributed by atoms with E-state index in [-0.39, 0.29) is 41.2 Å². The second-order valence-electron chi connectivity index (χ2n) is 15.8. The molecular formula is C38H52ClN7O5. The van der Waals surface area contributed by atoms with Gasteiger partial charge in [-0.2, -0.15) is 4.98 Å². The molecule has 12 nitrogen and oxygen atoms in total. The highest BCUT2D eigenvalue weighted by Crippen LogP contribution is 2.46. The van der Waals surface area contributed by atoms with Gasteiger partial charge in [-0.25, -0.2) is 9.78 Å². The third-order valence-corrected chi connectivity index (χ3v) is 10.6. The molecule has 0 unspecified atom stereocenters. The molecule has 2 saturated heterocycles. The maximum atomic E-state index is 13.2. The van der Waals surface area contributed by atoms with Crippen LogP contribution in [0.1, 0.15) is 79.7 Å². The smallest absolute Gasteiger partial charge is 0.410 e. The van der Waals surface area contributed by atoms with Crippen LogP contribution in [0.5, 0.6) is 5.75 Å². The Morgan fingerprint density at radius 1 is 1.08 bits per heavy atom. The number of amides is 1. The van der Waals surface area contributed by atoms with Crippen LogP contribution >= 0.6 is 11.6 Å². The van der Waals surface area contributed by atoms with Gasteiger partial charge in [-0.3, -0.25) is 14.5 Å². The molecule has 13 heteroatoms. The van der Waals surface area contributed by atoms with E-state index in [1.165, 1.54) is 25.7 Å². The van der Waals surface area contributed by atoms with Crippen LogP contribution in [0, 0.1) is 11.3 Å². The largest absolute Gasteiger partial charge is 0.480 e. The first-order valence-electron chi connectivity index (χ1n) is 18.3. The first-order chi connectivity index (χ1) is 24.2. The Kier molecular flexibility index (Phi) is 10.8. The van der Waals surface area contributed by atoms with E-state index in [0.717, 1.165) is 62.4 Å². The Morgan fingerprint density at radius 2 is 1.78 bits per heavy atom. The van der Waals surface area contributed by atoms with E-state index >= 15 is 0 Å². The second-order valence-corrected chi connectivity index (χ2v) is 16.2. The molecule has 1 amide bonds. The van der Waals surface area contributed by atoms with Gasteiger partial charge in [-0.1, -0.05) is 18.5 Å². The molecule has 1 spiro atoms. The topological polar surface area (TPSA) is 122 Å². The first kappa shape index (κ1) is 36.9. The number of carbonyl (C=O) groups is 2. The number of ketones is 1. The summed E-state index contributed by atoms with van der Waals surface area (Å²) in [5, 5.41) is 4.55. The minimum Gasteiger partial charge on any atom is -0.480 e. The molecule has 0 atom stereocenters. The number of halogens is 1. The minimum absolute atomic E-state index is 0.0710. The van der Waals surface area contributed by atoms with Crippen LogP contribution in [0.3, 0.4) is 0 Å². The lowest BCUT2D eigenvalue weighted by Gasteiger charge is -2.53. The van der Waals surface area contributed by atoms with E-state index in [0.29, 0.717) is 29.1 Å². The summed E-state index contributed by atoms with van der Waals surface area (Å²) in [5.41, 5.74) is 1.07. The molecule has 1 N–H and O–H groups in total. The molecule has 2 aliphatic heterocycles. The van der Waals surface area contributed by atoms with Crippen LogP contribution in [0.25, 0.3) is 10.9 Å². The highest BCUT2D eigenvalue weighted by molar-refractivity contribution is 6.32. The molecule has 4 heterocycles. The van der Waals surface area contributed by atoms with Crippen molar-refractivity contribution in [2.24, 2.45) is 11.3 Å². The molecule has 2 aromatic heterocycles. The highest BCUT2D eigenvalue weighted by Gasteiger charge is 2.48. The maximum Gasteiger partial charge on any atom is 0.410 e. The molecule has 1 aromatic carbocycles. The lowest BCUT2D eigenvalue weighted by atomic mass is 9.66. The van der Waals surface area contributed by atoms with Crippen molar-refractivity contribution < 1.29 is 19.1 Å². The normalized spacial score (nSPS) is 18.3. The van der Waals surface area contributed by atoms with Gasteiger partial charge < -0.3 is 29.2 Å². The first-order valence-corrected chi connectivity index (χ1v) is 18.7. The van der Waals surface area contributed by atoms with Crippen LogP contribution in [-0.2, 0) is 9.53 Å². The number of carbonyl (C=O) groups excluding carboxylic acids is 2. The van der Waals surface area contributed by atoms with Crippen LogP contribution in [0.15, 0.2) is 35.3 Å². The van der Waals surface area contributed by atoms with Gasteiger partial charge in [0.1, 0.15) is 17.2 Å². The fraction of sp³-hybridized carbons (Fsp3) is 0.605. The van der Waals surface area contributed by atoms with Gasteiger partial charge in [0.2, 0.25) is 5.95 Å². The average molecular weight is 722 g/mol. The van der Waals surface area contributed by atoms with Crippen molar-refractivity contribution >= 4 is 51.8 Å². The predicted molar refractivity (Wildman–Crippen MR) is 201 cm³/mol. The SMILES string of the molecule is CCC(=O)COc1cc2cc(Nc3nc(N4CCN(CC5CCC6(CC5)CN(C(=O)OC(C)(C)C)C6)CC4)ncc3Cl)ccc2n(C(C)C)c1=O. The van der Waals surface area contributed by atoms with Gasteiger partial charge in [0.25, 0.3) is 5.56 Å². The number of nitrogens with one attached hydrogen (secondary N) is 1. The van der Waals surface area contributed by atoms with Crippen molar-refractivity contribution in [3.8, 4) is 5.75 Å². The third-order valence-electron chi connectivity index (χ3n) is 10.3. The number of ether oxygens (including phenoxy) is 2. The Labute approximate surface area is 305 Å². The van der Waals surface area contributed by atoms with Gasteiger partial charge in [-0.05, 0) is 90.5 Å². The number of aromatic nitrogens is 3. The summed E-state index contributed by atoms with van der Waals surface area (Å²) in [7, 11) is 0. The van der Waals surface area contributed by atoms with E-state index in [1.54, 1.807) is 23.8 Å². The lowest BCUT2D eigenvalue weighted by molar-refractivity contribution is -0.120. The van der Waals surface area contributed by atoms with E-state index < -0.39 is 5.60 Å². The zero-order valence-corrected chi connectivity index (χ0v) is 31.6. The number of nitrogens with zero attached hydrogens (tertiary/aromatic N) is 6. The highest BCUT2D eigenvalue weighted by atomic mass is 35.5. The van der Waals surface area contributed by atoms with E-state index in [9.17, 15) is 14.4 Å². The number of pyridine rings is 1. The average Bonchev–Trinajstić information content (AvgIpc) is 3.07. The molecule has 0 bridgehead atoms. The molecule has 1 saturated carbocycles. The zero-order valence-electron chi connectivity index (χ0n) is 30.8. The number of fused-ring (bicyclic) bond motifs is 1. The summed E-state index contributed by atoms with van der Waals surface area (Å²) >= 11 is 6.58. The number of likely N-dealkylation sites (tertiary alicyclic amines) is 1. The van der Waals surface area contributed by atoms with Crippen molar-refractivity contribution in [3.63, 3.8) is 0 Å². The van der Waals surface area contributed by atoms with E-state index in [4.69, 9.17) is 26.1 Å². The standard InChI is InChI=1S/C38H52ClN7O5/c1-7-29(47)22-50-32-19-27-18-28(8-9-31(27)46(25(2)3)34(32)48)41-33-30(39)20-40-35(42-33)44-16-14-43(15-17-44)21-26-10-12-38(13-11-26)23-45(24-38)36(49)51-37(4,5)6/h8-9,18-20,25-26H,7,10-17,21-24H2,1-6H3,(H,40,41,42). The van der Waals surface area contributed by atoms with Crippen LogP contribution in [0.2, 0.25) is 5.02 Å². The minimum atomic E-state index is -0.457. The molecule has 6 rings (SSSR count). The van der Waals surface area contributed by atoms with Crippen molar-refractivity contribution in [1.82, 2.24) is 24.3 Å². The summed E-state index contributed by atoms with van der Waals surface area (Å²) in [6.07, 6.45) is 6.55. The number of anilines is 3. The second kappa shape index (κ2) is 15.0. The fourth-order valence-corrected chi connectivity index (χ4v) is 7.65. The maximum absolute atomic E-state index is 13.2. The van der Waals surface area contributed by atoms with Gasteiger partial charge >= 0.3 is 6.09 Å². The van der Waals surface area contributed by atoms with Crippen LogP contribution < -0.4 is 20.5 Å². The molecule has 0 radical (unpaired) electrons. The summed E-state index contributed by atoms with van der Waals surface area (Å²) in [6, 6.07) is 7.30. The number of hydrogen-bond donors (Lipinski definition) is 1. The van der Waals surface area contributed by atoms with Gasteiger partial charge in [0, 0.05) is 74.8 Å². The number of benzene rings is 1. The Hall–Kier alpha value is -3.90. The summed E-state index contributed by atoms with van der Waals surface area (Å²) in [4.78, 5) is 53.5. The third kappa shape index (κ3) is 8.60. The molecule has 3 aliphatic rings. The van der Waals surface area contributed by atoms with E-state index in [1.807, 2.05) is 57.7 Å². The summed E-state index contributed by atoms with van der Waals surface area (Å²) < 4.78 is 12.9. The molecule has 1 aliphatic carbocycles.